The number of thiazole rings is 2. The third-order valence-electron chi connectivity index (χ3n) is 3.95. The zero-order valence-electron chi connectivity index (χ0n) is 12.8. The first-order chi connectivity index (χ1) is 11.5. The van der Waals surface area contributed by atoms with E-state index in [1.807, 2.05) is 6.92 Å². The van der Waals surface area contributed by atoms with Crippen LogP contribution >= 0.6 is 22.7 Å². The van der Waals surface area contributed by atoms with Gasteiger partial charge in [-0.05, 0) is 31.6 Å². The van der Waals surface area contributed by atoms with Gasteiger partial charge in [-0.25, -0.2) is 9.97 Å². The summed E-state index contributed by atoms with van der Waals surface area (Å²) in [6.07, 6.45) is 1.29. The van der Waals surface area contributed by atoms with Gasteiger partial charge in [-0.2, -0.15) is 0 Å². The summed E-state index contributed by atoms with van der Waals surface area (Å²) in [7, 11) is 1.78. The lowest BCUT2D eigenvalue weighted by molar-refractivity contribution is -0.140. The highest BCUT2D eigenvalue weighted by molar-refractivity contribution is 7.38. The largest absolute Gasteiger partial charge is 0.481 e. The van der Waals surface area contributed by atoms with Crippen molar-refractivity contribution in [2.75, 3.05) is 12.4 Å². The molecule has 0 atom stereocenters. The maximum atomic E-state index is 11.4. The number of fused-ring (bicyclic) bond motifs is 1. The number of hydrogen-bond donors (Lipinski definition) is 2. The minimum atomic E-state index is -0.801. The van der Waals surface area contributed by atoms with Gasteiger partial charge in [0.25, 0.3) is 0 Å². The van der Waals surface area contributed by atoms with E-state index in [0.717, 1.165) is 9.70 Å². The summed E-state index contributed by atoms with van der Waals surface area (Å²) in [6.45, 7) is 1.81. The minimum Gasteiger partial charge on any atom is -0.481 e. The van der Waals surface area contributed by atoms with Crippen LogP contribution in [0, 0.1) is 18.8 Å². The van der Waals surface area contributed by atoms with Crippen molar-refractivity contribution in [1.29, 1.82) is 0 Å². The Kier molecular flexibility index (Phi) is 3.33. The number of aromatic nitrogens is 3. The summed E-state index contributed by atoms with van der Waals surface area (Å²) in [6, 6.07) is 0. The van der Waals surface area contributed by atoms with Gasteiger partial charge in [0.1, 0.15) is 20.1 Å². The maximum absolute atomic E-state index is 11.4. The summed E-state index contributed by atoms with van der Waals surface area (Å²) in [5.41, 5.74) is 1.09. The highest BCUT2D eigenvalue weighted by atomic mass is 32.2. The van der Waals surface area contributed by atoms with Crippen LogP contribution < -0.4 is 5.32 Å². The molecule has 0 amide bonds. The van der Waals surface area contributed by atoms with E-state index in [4.69, 9.17) is 4.52 Å². The molecule has 24 heavy (non-hydrogen) atoms. The molecule has 1 saturated carbocycles. The first-order valence-electron chi connectivity index (χ1n) is 7.21. The lowest BCUT2D eigenvalue weighted by Crippen LogP contribution is -2.18. The molecular formula is C15H12N4O3S2. The topological polar surface area (TPSA) is 101 Å². The Morgan fingerprint density at radius 1 is 1.33 bits per heavy atom. The summed E-state index contributed by atoms with van der Waals surface area (Å²) in [5, 5.41) is 17.5. The van der Waals surface area contributed by atoms with Crippen molar-refractivity contribution >= 4 is 44.0 Å². The maximum Gasteiger partial charge on any atom is 0.316 e. The van der Waals surface area contributed by atoms with Crippen LogP contribution in [0.15, 0.2) is 4.52 Å². The lowest BCUT2D eigenvalue weighted by atomic mass is 10.1. The van der Waals surface area contributed by atoms with Gasteiger partial charge < -0.3 is 14.9 Å². The highest BCUT2D eigenvalue weighted by Gasteiger charge is 2.54. The molecule has 3 heterocycles. The zero-order chi connectivity index (χ0) is 16.9. The fourth-order valence-electron chi connectivity index (χ4n) is 2.41. The van der Waals surface area contributed by atoms with Gasteiger partial charge in [0.2, 0.25) is 0 Å². The summed E-state index contributed by atoms with van der Waals surface area (Å²) < 4.78 is 6.00. The molecule has 0 spiro atoms. The molecule has 1 aliphatic carbocycles. The van der Waals surface area contributed by atoms with Gasteiger partial charge in [0.05, 0.1) is 0 Å². The molecule has 0 aromatic carbocycles. The second-order valence-corrected chi connectivity index (χ2v) is 7.76. The number of nitrogens with one attached hydrogen (secondary N) is 1. The Bertz CT molecular complexity index is 985. The molecule has 9 heteroatoms. The van der Waals surface area contributed by atoms with Crippen LogP contribution in [0.25, 0.3) is 9.66 Å². The Hall–Kier alpha value is -2.44. The first-order valence-corrected chi connectivity index (χ1v) is 8.84. The number of nitrogens with zero attached hydrogens (tertiary/aromatic N) is 3. The number of rotatable bonds is 3. The molecular weight excluding hydrogens is 348 g/mol. The smallest absolute Gasteiger partial charge is 0.316 e. The van der Waals surface area contributed by atoms with Crippen molar-refractivity contribution in [2.45, 2.75) is 25.2 Å². The monoisotopic (exact) mass is 360 g/mol. The van der Waals surface area contributed by atoms with Crippen LogP contribution in [0.5, 0.6) is 0 Å². The number of carboxylic acids is 1. The van der Waals surface area contributed by atoms with Crippen LogP contribution in [0.4, 0.5) is 5.69 Å². The van der Waals surface area contributed by atoms with Crippen LogP contribution in [-0.4, -0.2) is 33.2 Å². The second-order valence-electron chi connectivity index (χ2n) is 5.50. The molecule has 2 N–H and O–H groups in total. The van der Waals surface area contributed by atoms with E-state index in [1.165, 1.54) is 22.7 Å². The predicted molar refractivity (Wildman–Crippen MR) is 90.6 cm³/mol. The molecule has 7 nitrogen and oxygen atoms in total. The molecule has 1 fully saturated rings. The number of aryl methyl sites for hydroxylation is 1. The third-order valence-corrected chi connectivity index (χ3v) is 6.24. The molecule has 4 rings (SSSR count). The normalized spacial score (nSPS) is 15.1. The van der Waals surface area contributed by atoms with E-state index in [-0.39, 0.29) is 0 Å². The average Bonchev–Trinajstić information content (AvgIpc) is 2.96. The zero-order valence-corrected chi connectivity index (χ0v) is 14.5. The van der Waals surface area contributed by atoms with Crippen molar-refractivity contribution in [3.63, 3.8) is 0 Å². The summed E-state index contributed by atoms with van der Waals surface area (Å²) >= 11 is 2.81. The summed E-state index contributed by atoms with van der Waals surface area (Å²) in [4.78, 5) is 20.2. The van der Waals surface area contributed by atoms with Gasteiger partial charge in [-0.15, -0.1) is 11.3 Å². The minimum absolute atomic E-state index is 0.532. The van der Waals surface area contributed by atoms with Crippen molar-refractivity contribution in [3.05, 3.63) is 21.5 Å². The lowest BCUT2D eigenvalue weighted by Gasteiger charge is -2.03. The van der Waals surface area contributed by atoms with E-state index >= 15 is 0 Å². The standard InChI is InChI=1S/C15H12N4O3S2/c1-7-10(16-2)8(19-22-7)3-4-9-17-11-12(23-9)24-13(18-11)15(5-6-15)14(20)21/h16H,5-6H2,1-2H3,(H,20,21). The highest BCUT2D eigenvalue weighted by Crippen LogP contribution is 2.51. The Morgan fingerprint density at radius 3 is 2.75 bits per heavy atom. The average molecular weight is 360 g/mol. The summed E-state index contributed by atoms with van der Waals surface area (Å²) in [5.74, 6) is 5.78. The van der Waals surface area contributed by atoms with Gasteiger partial charge in [0, 0.05) is 7.05 Å². The van der Waals surface area contributed by atoms with Crippen LogP contribution in [0.3, 0.4) is 0 Å². The van der Waals surface area contributed by atoms with Crippen molar-refractivity contribution in [2.24, 2.45) is 0 Å². The molecule has 1 aliphatic rings. The van der Waals surface area contributed by atoms with Crippen molar-refractivity contribution in [3.8, 4) is 11.8 Å². The van der Waals surface area contributed by atoms with Gasteiger partial charge in [-0.1, -0.05) is 16.5 Å². The Morgan fingerprint density at radius 2 is 2.12 bits per heavy atom. The van der Waals surface area contributed by atoms with Crippen LogP contribution in [-0.2, 0) is 10.2 Å². The molecule has 0 saturated heterocycles. The van der Waals surface area contributed by atoms with E-state index < -0.39 is 11.4 Å². The van der Waals surface area contributed by atoms with Crippen LogP contribution in [0.2, 0.25) is 0 Å². The van der Waals surface area contributed by atoms with Gasteiger partial charge in [0.15, 0.2) is 22.1 Å². The fourth-order valence-corrected chi connectivity index (χ4v) is 4.62. The van der Waals surface area contributed by atoms with E-state index in [9.17, 15) is 9.90 Å². The fraction of sp³-hybridized carbons (Fsp3) is 0.333. The molecule has 3 aromatic heterocycles. The Balaban J connectivity index is 1.64. The Labute approximate surface area is 144 Å². The second kappa shape index (κ2) is 5.29. The molecule has 0 radical (unpaired) electrons. The van der Waals surface area contributed by atoms with Crippen molar-refractivity contribution in [1.82, 2.24) is 15.1 Å². The number of carboxylic acid groups (broad SMARTS) is 1. The molecule has 0 bridgehead atoms. The number of carbonyl (C=O) groups is 1. The van der Waals surface area contributed by atoms with E-state index in [2.05, 4.69) is 32.3 Å². The number of hydrogen-bond acceptors (Lipinski definition) is 8. The van der Waals surface area contributed by atoms with Crippen LogP contribution in [0.1, 0.15) is 34.3 Å². The van der Waals surface area contributed by atoms with Gasteiger partial charge in [-0.3, -0.25) is 4.79 Å². The molecule has 3 aromatic rings. The quantitative estimate of drug-likeness (QED) is 0.692. The first kappa shape index (κ1) is 15.1. The molecule has 122 valence electrons. The van der Waals surface area contributed by atoms with E-state index in [1.54, 1.807) is 7.05 Å². The number of anilines is 1. The van der Waals surface area contributed by atoms with E-state index in [0.29, 0.717) is 40.0 Å². The molecule has 0 unspecified atom stereocenters. The van der Waals surface area contributed by atoms with Gasteiger partial charge >= 0.3 is 5.97 Å². The number of aliphatic carboxylic acids is 1. The van der Waals surface area contributed by atoms with Crippen molar-refractivity contribution < 1.29 is 14.4 Å². The SMILES string of the molecule is CNc1c(C#Cc2nc3nc(C4(C(=O)O)CC4)sc3s2)noc1C. The predicted octanol–water partition coefficient (Wildman–Crippen LogP) is 2.61. The molecule has 0 aliphatic heterocycles. The third kappa shape index (κ3) is 2.26.